The molecule has 0 radical (unpaired) electrons. The Kier molecular flexibility index (Phi) is 4.57. The summed E-state index contributed by atoms with van der Waals surface area (Å²) < 4.78 is 0. The Bertz CT molecular complexity index is 1260. The lowest BCUT2D eigenvalue weighted by molar-refractivity contribution is -0.144. The summed E-state index contributed by atoms with van der Waals surface area (Å²) in [5, 5.41) is 3.02. The first kappa shape index (κ1) is 21.0. The van der Waals surface area contributed by atoms with E-state index >= 15 is 0 Å². The van der Waals surface area contributed by atoms with Crippen molar-refractivity contribution in [3.8, 4) is 11.1 Å². The zero-order chi connectivity index (χ0) is 23.8. The third-order valence-electron chi connectivity index (χ3n) is 9.41. The quantitative estimate of drug-likeness (QED) is 0.577. The molecule has 1 heterocycles. The molecule has 0 unspecified atom stereocenters. The highest BCUT2D eigenvalue weighted by Crippen LogP contribution is 2.56. The van der Waals surface area contributed by atoms with Gasteiger partial charge >= 0.3 is 0 Å². The van der Waals surface area contributed by atoms with Crippen LogP contribution in [0, 0.1) is 29.6 Å². The fourth-order valence-corrected chi connectivity index (χ4v) is 7.80. The molecule has 6 heteroatoms. The van der Waals surface area contributed by atoms with E-state index in [4.69, 9.17) is 0 Å². The van der Waals surface area contributed by atoms with E-state index in [1.54, 1.807) is 11.0 Å². The summed E-state index contributed by atoms with van der Waals surface area (Å²) in [5.41, 5.74) is 3.55. The predicted molar refractivity (Wildman–Crippen MR) is 129 cm³/mol. The maximum atomic E-state index is 13.2. The first-order valence-corrected chi connectivity index (χ1v) is 13.0. The second-order valence-electron chi connectivity index (χ2n) is 11.0. The Morgan fingerprint density at radius 3 is 2.06 bits per heavy atom. The molecule has 2 aromatic carbocycles. The summed E-state index contributed by atoms with van der Waals surface area (Å²) in [5.74, 6) is 0.411. The molecule has 2 bridgehead atoms. The largest absolute Gasteiger partial charge is 0.325 e. The molecule has 4 aliphatic carbocycles. The van der Waals surface area contributed by atoms with Crippen molar-refractivity contribution in [2.24, 2.45) is 29.6 Å². The van der Waals surface area contributed by atoms with Crippen molar-refractivity contribution in [2.75, 3.05) is 5.32 Å². The van der Waals surface area contributed by atoms with E-state index in [-0.39, 0.29) is 47.3 Å². The number of fused-ring (bicyclic) bond motifs is 8. The Hall–Kier alpha value is -3.28. The summed E-state index contributed by atoms with van der Waals surface area (Å²) >= 11 is 0. The van der Waals surface area contributed by atoms with E-state index in [9.17, 15) is 19.2 Å². The molecular weight excluding hydrogens is 440 g/mol. The van der Waals surface area contributed by atoms with Crippen molar-refractivity contribution >= 4 is 29.2 Å². The van der Waals surface area contributed by atoms with Gasteiger partial charge in [0.15, 0.2) is 5.78 Å². The standard InChI is InChI=1S/C29H28N2O4/c32-26-21-5-2-1-4-19(21)20-6-3-7-22(25(20)26)30-27(33)15-10-12-18(13-11-15)31-28(34)23-16-8-9-17(14-16)24(23)29(31)35/h1-7,15-18,23-24H,8-14H2,(H,30,33)/t15-,16-,17+,18-,23-,24+. The molecule has 6 nitrogen and oxygen atoms in total. The van der Waals surface area contributed by atoms with E-state index in [1.807, 2.05) is 36.4 Å². The molecule has 4 atom stereocenters. The average Bonchev–Trinajstić information content (AvgIpc) is 3.62. The highest BCUT2D eigenvalue weighted by molar-refractivity contribution is 6.25. The van der Waals surface area contributed by atoms with Crippen LogP contribution in [0.2, 0.25) is 0 Å². The Balaban J connectivity index is 1.04. The van der Waals surface area contributed by atoms with E-state index in [1.165, 1.54) is 0 Å². The molecular formula is C29H28N2O4. The number of carbonyl (C=O) groups is 4. The lowest BCUT2D eigenvalue weighted by Gasteiger charge is -2.33. The van der Waals surface area contributed by atoms with Crippen LogP contribution in [0.5, 0.6) is 0 Å². The van der Waals surface area contributed by atoms with Crippen LogP contribution in [-0.2, 0) is 14.4 Å². The molecule has 0 aromatic heterocycles. The zero-order valence-corrected chi connectivity index (χ0v) is 19.5. The van der Waals surface area contributed by atoms with Crippen LogP contribution in [0.4, 0.5) is 5.69 Å². The molecule has 5 aliphatic rings. The zero-order valence-electron chi connectivity index (χ0n) is 19.5. The number of nitrogens with zero attached hydrogens (tertiary/aromatic N) is 1. The number of imide groups is 1. The van der Waals surface area contributed by atoms with Gasteiger partial charge < -0.3 is 5.32 Å². The molecule has 0 spiro atoms. The van der Waals surface area contributed by atoms with E-state index < -0.39 is 0 Å². The first-order valence-electron chi connectivity index (χ1n) is 13.0. The van der Waals surface area contributed by atoms with Gasteiger partial charge in [0, 0.05) is 17.5 Å². The fourth-order valence-electron chi connectivity index (χ4n) is 7.80. The monoisotopic (exact) mass is 468 g/mol. The van der Waals surface area contributed by atoms with Gasteiger partial charge in [-0.25, -0.2) is 0 Å². The van der Waals surface area contributed by atoms with Crippen molar-refractivity contribution in [1.82, 2.24) is 4.90 Å². The van der Waals surface area contributed by atoms with Gasteiger partial charge in [0.05, 0.1) is 23.1 Å². The molecule has 35 heavy (non-hydrogen) atoms. The lowest BCUT2D eigenvalue weighted by atomic mass is 9.81. The fraction of sp³-hybridized carbons (Fsp3) is 0.448. The van der Waals surface area contributed by atoms with Crippen LogP contribution in [-0.4, -0.2) is 34.4 Å². The highest BCUT2D eigenvalue weighted by Gasteiger charge is 2.61. The van der Waals surface area contributed by atoms with Gasteiger partial charge in [-0.1, -0.05) is 36.4 Å². The number of anilines is 1. The Labute approximate surface area is 204 Å². The highest BCUT2D eigenvalue weighted by atomic mass is 16.2. The van der Waals surface area contributed by atoms with E-state index in [0.29, 0.717) is 54.3 Å². The Morgan fingerprint density at radius 2 is 1.37 bits per heavy atom. The van der Waals surface area contributed by atoms with Gasteiger partial charge in [-0.15, -0.1) is 0 Å². The van der Waals surface area contributed by atoms with Crippen LogP contribution in [0.15, 0.2) is 42.5 Å². The number of hydrogen-bond donors (Lipinski definition) is 1. The molecule has 3 saturated carbocycles. The van der Waals surface area contributed by atoms with Crippen molar-refractivity contribution in [3.05, 3.63) is 53.6 Å². The van der Waals surface area contributed by atoms with Gasteiger partial charge in [0.1, 0.15) is 0 Å². The summed E-state index contributed by atoms with van der Waals surface area (Å²) in [6.45, 7) is 0. The summed E-state index contributed by atoms with van der Waals surface area (Å²) in [6, 6.07) is 13.0. The van der Waals surface area contributed by atoms with E-state index in [2.05, 4.69) is 5.32 Å². The van der Waals surface area contributed by atoms with Gasteiger partial charge in [-0.3, -0.25) is 24.1 Å². The number of carbonyl (C=O) groups excluding carboxylic acids is 4. The van der Waals surface area contributed by atoms with Crippen molar-refractivity contribution in [1.29, 1.82) is 0 Å². The number of likely N-dealkylation sites (tertiary alicyclic amines) is 1. The minimum atomic E-state index is -0.190. The van der Waals surface area contributed by atoms with Crippen LogP contribution >= 0.6 is 0 Å². The van der Waals surface area contributed by atoms with Crippen LogP contribution in [0.3, 0.4) is 0 Å². The third-order valence-corrected chi connectivity index (χ3v) is 9.41. The van der Waals surface area contributed by atoms with Gasteiger partial charge in [0.2, 0.25) is 17.7 Å². The molecule has 1 aliphatic heterocycles. The predicted octanol–water partition coefficient (Wildman–Crippen LogP) is 4.43. The maximum absolute atomic E-state index is 13.2. The number of amides is 3. The number of hydrogen-bond acceptors (Lipinski definition) is 4. The second kappa shape index (κ2) is 7.61. The van der Waals surface area contributed by atoms with Crippen LogP contribution < -0.4 is 5.32 Å². The van der Waals surface area contributed by atoms with Crippen molar-refractivity contribution < 1.29 is 19.2 Å². The van der Waals surface area contributed by atoms with Gasteiger partial charge in [-0.2, -0.15) is 0 Å². The first-order chi connectivity index (χ1) is 17.0. The van der Waals surface area contributed by atoms with Gasteiger partial charge in [0.25, 0.3) is 0 Å². The molecule has 3 amide bonds. The minimum absolute atomic E-state index is 0.0537. The summed E-state index contributed by atoms with van der Waals surface area (Å²) in [4.78, 5) is 54.1. The Morgan fingerprint density at radius 1 is 0.743 bits per heavy atom. The topological polar surface area (TPSA) is 83.6 Å². The van der Waals surface area contributed by atoms with Crippen molar-refractivity contribution in [2.45, 2.75) is 51.0 Å². The molecule has 2 aromatic rings. The normalized spacial score (nSPS) is 32.6. The molecule has 7 rings (SSSR count). The maximum Gasteiger partial charge on any atom is 0.233 e. The average molecular weight is 469 g/mol. The van der Waals surface area contributed by atoms with Crippen LogP contribution in [0.25, 0.3) is 11.1 Å². The summed E-state index contributed by atoms with van der Waals surface area (Å²) in [7, 11) is 0. The smallest absolute Gasteiger partial charge is 0.233 e. The molecule has 4 fully saturated rings. The van der Waals surface area contributed by atoms with E-state index in [0.717, 1.165) is 30.4 Å². The third kappa shape index (κ3) is 2.95. The van der Waals surface area contributed by atoms with Gasteiger partial charge in [-0.05, 0) is 74.0 Å². The second-order valence-corrected chi connectivity index (χ2v) is 11.0. The summed E-state index contributed by atoms with van der Waals surface area (Å²) in [6.07, 6.45) is 5.83. The lowest BCUT2D eigenvalue weighted by Crippen LogP contribution is -2.44. The SMILES string of the molecule is O=C1c2ccccc2-c2cccc(NC(=O)[C@H]3CC[C@H](N4C(=O)[C@@H]5[C@@H]6CC[C@@H](C6)[C@@H]5C4=O)CC3)c21. The number of rotatable bonds is 3. The minimum Gasteiger partial charge on any atom is -0.325 e. The molecule has 178 valence electrons. The molecule has 1 saturated heterocycles. The number of benzene rings is 2. The van der Waals surface area contributed by atoms with Crippen LogP contribution in [0.1, 0.15) is 60.9 Å². The van der Waals surface area contributed by atoms with Crippen molar-refractivity contribution in [3.63, 3.8) is 0 Å². The number of ketones is 1. The molecule has 1 N–H and O–H groups in total. The number of nitrogens with one attached hydrogen (secondary N) is 1.